The Bertz CT molecular complexity index is 605. The summed E-state index contributed by atoms with van der Waals surface area (Å²) in [5.41, 5.74) is 7.99. The molecule has 1 unspecified atom stereocenters. The van der Waals surface area contributed by atoms with Crippen molar-refractivity contribution in [3.8, 4) is 0 Å². The minimum Gasteiger partial charge on any atom is -0.370 e. The van der Waals surface area contributed by atoms with Gasteiger partial charge in [-0.15, -0.1) is 0 Å². The van der Waals surface area contributed by atoms with Gasteiger partial charge in [-0.2, -0.15) is 0 Å². The molecule has 126 valence electrons. The second kappa shape index (κ2) is 8.08. The maximum absolute atomic E-state index is 11.2. The summed E-state index contributed by atoms with van der Waals surface area (Å²) in [4.78, 5) is 13.6. The molecule has 0 aromatic heterocycles. The Hall–Kier alpha value is -2.17. The molecule has 0 saturated carbocycles. The Kier molecular flexibility index (Phi) is 5.62. The number of rotatable bonds is 6. The lowest BCUT2D eigenvalue weighted by molar-refractivity contribution is -0.118. The van der Waals surface area contributed by atoms with E-state index in [1.807, 2.05) is 0 Å². The van der Waals surface area contributed by atoms with Gasteiger partial charge in [-0.1, -0.05) is 60.7 Å². The fourth-order valence-corrected chi connectivity index (χ4v) is 3.59. The fourth-order valence-electron chi connectivity index (χ4n) is 3.59. The zero-order chi connectivity index (χ0) is 16.8. The number of carbonyl (C=O) groups excluding carboxylic acids is 1. The monoisotopic (exact) mass is 323 g/mol. The molecule has 3 N–H and O–H groups in total. The van der Waals surface area contributed by atoms with E-state index >= 15 is 0 Å². The Morgan fingerprint density at radius 1 is 1.08 bits per heavy atom. The molecule has 1 atom stereocenters. The number of piperazine rings is 1. The van der Waals surface area contributed by atoms with Crippen LogP contribution in [-0.2, 0) is 4.79 Å². The summed E-state index contributed by atoms with van der Waals surface area (Å²) in [5, 5.41) is 3.51. The largest absolute Gasteiger partial charge is 0.370 e. The van der Waals surface area contributed by atoms with Crippen LogP contribution in [0.2, 0.25) is 0 Å². The molecule has 4 nitrogen and oxygen atoms in total. The van der Waals surface area contributed by atoms with Crippen LogP contribution in [0.15, 0.2) is 60.7 Å². The average Bonchev–Trinajstić information content (AvgIpc) is 2.63. The van der Waals surface area contributed by atoms with Crippen molar-refractivity contribution in [2.75, 3.05) is 26.2 Å². The molecular formula is C20H25N3O. The fraction of sp³-hybridized carbons (Fsp3) is 0.350. The second-order valence-corrected chi connectivity index (χ2v) is 6.32. The number of nitrogens with one attached hydrogen (secondary N) is 1. The van der Waals surface area contributed by atoms with Crippen molar-refractivity contribution in [3.63, 3.8) is 0 Å². The minimum absolute atomic E-state index is 0.233. The lowest BCUT2D eigenvalue weighted by Crippen LogP contribution is -2.54. The molecule has 0 radical (unpaired) electrons. The smallest absolute Gasteiger partial charge is 0.218 e. The normalized spacial score (nSPS) is 18.6. The zero-order valence-electron chi connectivity index (χ0n) is 13.9. The Labute approximate surface area is 143 Å². The standard InChI is InChI=1S/C20H25N3O/c21-19(24)11-13-23-14-12-22-15-18(23)20(16-7-3-1-4-8-16)17-9-5-2-6-10-17/h1-10,18,20,22H,11-15H2,(H2,21,24). The number of benzene rings is 2. The van der Waals surface area contributed by atoms with E-state index in [4.69, 9.17) is 5.73 Å². The number of carbonyl (C=O) groups is 1. The Balaban J connectivity index is 1.92. The van der Waals surface area contributed by atoms with Crippen molar-refractivity contribution in [1.82, 2.24) is 10.2 Å². The predicted molar refractivity (Wildman–Crippen MR) is 96.8 cm³/mol. The van der Waals surface area contributed by atoms with Crippen LogP contribution >= 0.6 is 0 Å². The van der Waals surface area contributed by atoms with E-state index in [1.54, 1.807) is 0 Å². The van der Waals surface area contributed by atoms with Gasteiger partial charge in [0.25, 0.3) is 0 Å². The first kappa shape index (κ1) is 16.7. The first-order valence-corrected chi connectivity index (χ1v) is 8.58. The molecule has 1 amide bonds. The van der Waals surface area contributed by atoms with E-state index in [2.05, 4.69) is 70.9 Å². The summed E-state index contributed by atoms with van der Waals surface area (Å²) in [5.74, 6) is 0.0383. The number of amides is 1. The summed E-state index contributed by atoms with van der Waals surface area (Å²) in [7, 11) is 0. The molecule has 1 heterocycles. The van der Waals surface area contributed by atoms with E-state index in [0.29, 0.717) is 12.5 Å². The summed E-state index contributed by atoms with van der Waals surface area (Å²) >= 11 is 0. The second-order valence-electron chi connectivity index (χ2n) is 6.32. The minimum atomic E-state index is -0.233. The molecule has 2 aromatic carbocycles. The molecule has 0 spiro atoms. The van der Waals surface area contributed by atoms with Crippen LogP contribution in [0.3, 0.4) is 0 Å². The highest BCUT2D eigenvalue weighted by Crippen LogP contribution is 2.31. The van der Waals surface area contributed by atoms with E-state index in [-0.39, 0.29) is 11.8 Å². The quantitative estimate of drug-likeness (QED) is 0.854. The van der Waals surface area contributed by atoms with Crippen LogP contribution in [0.5, 0.6) is 0 Å². The van der Waals surface area contributed by atoms with Gasteiger partial charge < -0.3 is 11.1 Å². The summed E-state index contributed by atoms with van der Waals surface area (Å²) in [6, 6.07) is 21.6. The van der Waals surface area contributed by atoms with E-state index in [9.17, 15) is 4.79 Å². The van der Waals surface area contributed by atoms with E-state index in [0.717, 1.165) is 26.2 Å². The van der Waals surface area contributed by atoms with Crippen LogP contribution in [-0.4, -0.2) is 43.0 Å². The number of nitrogens with two attached hydrogens (primary N) is 1. The average molecular weight is 323 g/mol. The molecule has 24 heavy (non-hydrogen) atoms. The molecule has 1 aliphatic rings. The molecule has 2 aromatic rings. The Morgan fingerprint density at radius 2 is 1.67 bits per heavy atom. The SMILES string of the molecule is NC(=O)CCN1CCNCC1C(c1ccccc1)c1ccccc1. The van der Waals surface area contributed by atoms with Gasteiger partial charge in [-0.3, -0.25) is 9.69 Å². The third kappa shape index (κ3) is 4.02. The maximum Gasteiger partial charge on any atom is 0.218 e. The lowest BCUT2D eigenvalue weighted by atomic mass is 9.83. The zero-order valence-corrected chi connectivity index (χ0v) is 13.9. The molecule has 1 fully saturated rings. The highest BCUT2D eigenvalue weighted by atomic mass is 16.1. The molecule has 0 aliphatic carbocycles. The van der Waals surface area contributed by atoms with Crippen molar-refractivity contribution in [1.29, 1.82) is 0 Å². The van der Waals surface area contributed by atoms with Crippen molar-refractivity contribution < 1.29 is 4.79 Å². The van der Waals surface area contributed by atoms with Gasteiger partial charge in [-0.05, 0) is 11.1 Å². The number of primary amides is 1. The van der Waals surface area contributed by atoms with E-state index < -0.39 is 0 Å². The van der Waals surface area contributed by atoms with Crippen molar-refractivity contribution in [3.05, 3.63) is 71.8 Å². The first-order chi connectivity index (χ1) is 11.8. The van der Waals surface area contributed by atoms with Gasteiger partial charge >= 0.3 is 0 Å². The topological polar surface area (TPSA) is 58.4 Å². The van der Waals surface area contributed by atoms with Gasteiger partial charge in [0.2, 0.25) is 5.91 Å². The van der Waals surface area contributed by atoms with Gasteiger partial charge in [-0.25, -0.2) is 0 Å². The van der Waals surface area contributed by atoms with Crippen LogP contribution < -0.4 is 11.1 Å². The third-order valence-corrected chi connectivity index (χ3v) is 4.75. The molecule has 1 aliphatic heterocycles. The molecule has 1 saturated heterocycles. The lowest BCUT2D eigenvalue weighted by Gasteiger charge is -2.41. The Morgan fingerprint density at radius 3 is 2.21 bits per heavy atom. The van der Waals surface area contributed by atoms with Crippen molar-refractivity contribution in [2.45, 2.75) is 18.4 Å². The third-order valence-electron chi connectivity index (χ3n) is 4.75. The van der Waals surface area contributed by atoms with Gasteiger partial charge in [0.1, 0.15) is 0 Å². The van der Waals surface area contributed by atoms with Gasteiger partial charge in [0.05, 0.1) is 0 Å². The van der Waals surface area contributed by atoms with Crippen LogP contribution in [0, 0.1) is 0 Å². The molecule has 3 rings (SSSR count). The summed E-state index contributed by atoms with van der Waals surface area (Å²) in [6.07, 6.45) is 0.410. The number of hydrogen-bond donors (Lipinski definition) is 2. The van der Waals surface area contributed by atoms with E-state index in [1.165, 1.54) is 11.1 Å². The number of hydrogen-bond acceptors (Lipinski definition) is 3. The van der Waals surface area contributed by atoms with Crippen LogP contribution in [0.25, 0.3) is 0 Å². The summed E-state index contributed by atoms with van der Waals surface area (Å²) in [6.45, 7) is 3.52. The highest BCUT2D eigenvalue weighted by Gasteiger charge is 2.31. The highest BCUT2D eigenvalue weighted by molar-refractivity contribution is 5.73. The van der Waals surface area contributed by atoms with Crippen LogP contribution in [0.4, 0.5) is 0 Å². The van der Waals surface area contributed by atoms with Crippen molar-refractivity contribution in [2.24, 2.45) is 5.73 Å². The first-order valence-electron chi connectivity index (χ1n) is 8.58. The number of nitrogens with zero attached hydrogens (tertiary/aromatic N) is 1. The van der Waals surface area contributed by atoms with Gasteiger partial charge in [0.15, 0.2) is 0 Å². The summed E-state index contributed by atoms with van der Waals surface area (Å²) < 4.78 is 0. The van der Waals surface area contributed by atoms with Gasteiger partial charge in [0, 0.05) is 44.6 Å². The molecule has 0 bridgehead atoms. The maximum atomic E-state index is 11.2. The predicted octanol–water partition coefficient (Wildman–Crippen LogP) is 1.97. The molecular weight excluding hydrogens is 298 g/mol. The van der Waals surface area contributed by atoms with Crippen molar-refractivity contribution >= 4 is 5.91 Å². The van der Waals surface area contributed by atoms with Crippen LogP contribution in [0.1, 0.15) is 23.5 Å². The molecule has 4 heteroatoms.